The van der Waals surface area contributed by atoms with Gasteiger partial charge in [-0.25, -0.2) is 8.42 Å². The lowest BCUT2D eigenvalue weighted by atomic mass is 10.3. The molecular formula is C15H24N4O3S2. The molecule has 0 atom stereocenters. The van der Waals surface area contributed by atoms with Crippen molar-refractivity contribution >= 4 is 27.3 Å². The van der Waals surface area contributed by atoms with Crippen LogP contribution >= 0.6 is 11.3 Å². The normalized spacial score (nSPS) is 20.3. The minimum absolute atomic E-state index is 0.147. The van der Waals surface area contributed by atoms with Crippen LogP contribution in [0.3, 0.4) is 0 Å². The average Bonchev–Trinajstić information content (AvgIpc) is 3.28. The Kier molecular flexibility index (Phi) is 5.88. The van der Waals surface area contributed by atoms with E-state index in [0.29, 0.717) is 24.5 Å². The molecule has 0 saturated carbocycles. The van der Waals surface area contributed by atoms with Gasteiger partial charge in [0.2, 0.25) is 10.0 Å². The molecule has 2 aliphatic heterocycles. The minimum Gasteiger partial charge on any atom is -0.350 e. The van der Waals surface area contributed by atoms with Crippen molar-refractivity contribution in [3.63, 3.8) is 0 Å². The second kappa shape index (κ2) is 7.92. The number of rotatable bonds is 6. The van der Waals surface area contributed by atoms with Crippen LogP contribution < -0.4 is 10.6 Å². The average molecular weight is 373 g/mol. The smallest absolute Gasteiger partial charge is 0.262 e. The number of hydrogen-bond donors (Lipinski definition) is 2. The van der Waals surface area contributed by atoms with Gasteiger partial charge >= 0.3 is 0 Å². The number of carbonyl (C=O) groups is 1. The van der Waals surface area contributed by atoms with E-state index in [1.165, 1.54) is 15.6 Å². The van der Waals surface area contributed by atoms with E-state index in [0.717, 1.165) is 45.6 Å². The predicted octanol–water partition coefficient (Wildman–Crippen LogP) is 0.168. The summed E-state index contributed by atoms with van der Waals surface area (Å²) in [5, 5.41) is 7.83. The zero-order valence-corrected chi connectivity index (χ0v) is 15.3. The standard InChI is InChI=1S/C15H24N4O3S2/c20-15(17-6-11-18-9-4-16-5-10-18)14-13(3-12-23-14)24(21,22)19-7-1-2-8-19/h3,12,16H,1-2,4-11H2,(H,17,20). The molecule has 0 aromatic carbocycles. The van der Waals surface area contributed by atoms with E-state index in [1.54, 1.807) is 11.4 Å². The van der Waals surface area contributed by atoms with Crippen LogP contribution in [0.25, 0.3) is 0 Å². The Morgan fingerprint density at radius 3 is 2.62 bits per heavy atom. The van der Waals surface area contributed by atoms with Crippen molar-refractivity contribution in [2.45, 2.75) is 17.7 Å². The van der Waals surface area contributed by atoms with Gasteiger partial charge in [0.05, 0.1) is 0 Å². The van der Waals surface area contributed by atoms with Gasteiger partial charge < -0.3 is 10.6 Å². The molecule has 2 fully saturated rings. The molecule has 2 saturated heterocycles. The number of amides is 1. The number of carbonyl (C=O) groups excluding carboxylic acids is 1. The van der Waals surface area contributed by atoms with Crippen LogP contribution in [0.1, 0.15) is 22.5 Å². The van der Waals surface area contributed by atoms with Crippen molar-refractivity contribution in [1.29, 1.82) is 0 Å². The summed E-state index contributed by atoms with van der Waals surface area (Å²) in [6, 6.07) is 1.55. The Hall–Kier alpha value is -1.00. The van der Waals surface area contributed by atoms with E-state index in [1.807, 2.05) is 0 Å². The summed E-state index contributed by atoms with van der Waals surface area (Å²) in [5.41, 5.74) is 0. The van der Waals surface area contributed by atoms with Gasteiger partial charge in [-0.05, 0) is 24.3 Å². The highest BCUT2D eigenvalue weighted by Gasteiger charge is 2.31. The second-order valence-electron chi connectivity index (χ2n) is 6.07. The van der Waals surface area contributed by atoms with E-state index >= 15 is 0 Å². The van der Waals surface area contributed by atoms with Crippen LogP contribution in [0.15, 0.2) is 16.3 Å². The molecule has 1 aromatic rings. The summed E-state index contributed by atoms with van der Waals surface area (Å²) in [5.74, 6) is -0.294. The Balaban J connectivity index is 1.60. The maximum atomic E-state index is 12.7. The fourth-order valence-corrected chi connectivity index (χ4v) is 5.91. The molecule has 134 valence electrons. The van der Waals surface area contributed by atoms with Crippen molar-refractivity contribution in [2.75, 3.05) is 52.4 Å². The van der Waals surface area contributed by atoms with Crippen molar-refractivity contribution in [3.8, 4) is 0 Å². The highest BCUT2D eigenvalue weighted by Crippen LogP contribution is 2.27. The fraction of sp³-hybridized carbons (Fsp3) is 0.667. The van der Waals surface area contributed by atoms with E-state index < -0.39 is 10.0 Å². The molecule has 24 heavy (non-hydrogen) atoms. The number of hydrogen-bond acceptors (Lipinski definition) is 6. The van der Waals surface area contributed by atoms with Gasteiger partial charge in [-0.3, -0.25) is 9.69 Å². The fourth-order valence-electron chi connectivity index (χ4n) is 3.08. The Bertz CT molecular complexity index is 662. The first-order chi connectivity index (χ1) is 11.6. The summed E-state index contributed by atoms with van der Waals surface area (Å²) in [4.78, 5) is 15.1. The highest BCUT2D eigenvalue weighted by atomic mass is 32.2. The molecule has 1 aromatic heterocycles. The first-order valence-corrected chi connectivity index (χ1v) is 10.7. The van der Waals surface area contributed by atoms with E-state index in [4.69, 9.17) is 0 Å². The lowest BCUT2D eigenvalue weighted by molar-refractivity contribution is 0.0948. The molecular weight excluding hydrogens is 348 g/mol. The van der Waals surface area contributed by atoms with Gasteiger partial charge in [-0.1, -0.05) is 0 Å². The Morgan fingerprint density at radius 1 is 1.21 bits per heavy atom. The van der Waals surface area contributed by atoms with Crippen molar-refractivity contribution in [1.82, 2.24) is 19.8 Å². The minimum atomic E-state index is -3.55. The van der Waals surface area contributed by atoms with Gasteiger partial charge in [0.1, 0.15) is 9.77 Å². The summed E-state index contributed by atoms with van der Waals surface area (Å²) in [6.45, 7) is 6.29. The monoisotopic (exact) mass is 372 g/mol. The molecule has 0 aliphatic carbocycles. The lowest BCUT2D eigenvalue weighted by Gasteiger charge is -2.27. The van der Waals surface area contributed by atoms with Crippen LogP contribution in [0, 0.1) is 0 Å². The molecule has 3 rings (SSSR count). The molecule has 7 nitrogen and oxygen atoms in total. The number of sulfonamides is 1. The molecule has 1 amide bonds. The first kappa shape index (κ1) is 17.8. The van der Waals surface area contributed by atoms with Crippen LogP contribution in [-0.2, 0) is 10.0 Å². The van der Waals surface area contributed by atoms with Gasteiger partial charge in [0.15, 0.2) is 0 Å². The Morgan fingerprint density at radius 2 is 1.92 bits per heavy atom. The highest BCUT2D eigenvalue weighted by molar-refractivity contribution is 7.89. The van der Waals surface area contributed by atoms with Gasteiger partial charge in [0, 0.05) is 52.4 Å². The van der Waals surface area contributed by atoms with Crippen LogP contribution in [-0.4, -0.2) is 75.9 Å². The number of nitrogens with one attached hydrogen (secondary N) is 2. The largest absolute Gasteiger partial charge is 0.350 e. The third kappa shape index (κ3) is 3.97. The first-order valence-electron chi connectivity index (χ1n) is 8.38. The van der Waals surface area contributed by atoms with Gasteiger partial charge in [-0.15, -0.1) is 11.3 Å². The number of thiophene rings is 1. The third-order valence-electron chi connectivity index (χ3n) is 4.44. The SMILES string of the molecule is O=C(NCCN1CCNCC1)c1sccc1S(=O)(=O)N1CCCC1. The number of piperazine rings is 1. The van der Waals surface area contributed by atoms with Crippen LogP contribution in [0.4, 0.5) is 0 Å². The summed E-state index contributed by atoms with van der Waals surface area (Å²) < 4.78 is 26.8. The summed E-state index contributed by atoms with van der Waals surface area (Å²) >= 11 is 1.19. The molecule has 3 heterocycles. The van der Waals surface area contributed by atoms with E-state index in [-0.39, 0.29) is 10.8 Å². The number of nitrogens with zero attached hydrogens (tertiary/aromatic N) is 2. The maximum Gasteiger partial charge on any atom is 0.262 e. The van der Waals surface area contributed by atoms with Crippen molar-refractivity contribution in [3.05, 3.63) is 16.3 Å². The van der Waals surface area contributed by atoms with Gasteiger partial charge in [0.25, 0.3) is 5.91 Å². The summed E-state index contributed by atoms with van der Waals surface area (Å²) in [6.07, 6.45) is 1.77. The predicted molar refractivity (Wildman–Crippen MR) is 94.0 cm³/mol. The molecule has 0 bridgehead atoms. The molecule has 0 unspecified atom stereocenters. The van der Waals surface area contributed by atoms with Crippen molar-refractivity contribution in [2.24, 2.45) is 0 Å². The quantitative estimate of drug-likeness (QED) is 0.744. The topological polar surface area (TPSA) is 81.8 Å². The third-order valence-corrected chi connectivity index (χ3v) is 7.42. The van der Waals surface area contributed by atoms with E-state index in [9.17, 15) is 13.2 Å². The molecule has 2 N–H and O–H groups in total. The lowest BCUT2D eigenvalue weighted by Crippen LogP contribution is -2.46. The molecule has 0 radical (unpaired) electrons. The second-order valence-corrected chi connectivity index (χ2v) is 8.90. The molecule has 2 aliphatic rings. The molecule has 9 heteroatoms. The van der Waals surface area contributed by atoms with Gasteiger partial charge in [-0.2, -0.15) is 4.31 Å². The molecule has 0 spiro atoms. The van der Waals surface area contributed by atoms with Crippen molar-refractivity contribution < 1.29 is 13.2 Å². The van der Waals surface area contributed by atoms with Crippen LogP contribution in [0.5, 0.6) is 0 Å². The van der Waals surface area contributed by atoms with Crippen LogP contribution in [0.2, 0.25) is 0 Å². The Labute approximate surface area is 147 Å². The summed E-state index contributed by atoms with van der Waals surface area (Å²) in [7, 11) is -3.55. The maximum absolute atomic E-state index is 12.7. The zero-order valence-electron chi connectivity index (χ0n) is 13.7. The zero-order chi connectivity index (χ0) is 17.0. The van der Waals surface area contributed by atoms with E-state index in [2.05, 4.69) is 15.5 Å².